The molecule has 0 fully saturated rings. The molecule has 1 aromatic heterocycles. The first kappa shape index (κ1) is 13.2. The van der Waals surface area contributed by atoms with Crippen molar-refractivity contribution in [1.82, 2.24) is 9.88 Å². The van der Waals surface area contributed by atoms with Crippen molar-refractivity contribution in [2.24, 2.45) is 0 Å². The first-order valence-corrected chi connectivity index (χ1v) is 5.95. The number of pyridine rings is 1. The molecule has 0 spiro atoms. The largest absolute Gasteiger partial charge is 0.298 e. The first-order valence-electron chi connectivity index (χ1n) is 5.95. The monoisotopic (exact) mass is 255 g/mol. The van der Waals surface area contributed by atoms with Crippen LogP contribution < -0.4 is 0 Å². The van der Waals surface area contributed by atoms with Crippen molar-refractivity contribution in [2.45, 2.75) is 13.1 Å². The van der Waals surface area contributed by atoms with Gasteiger partial charge in [0, 0.05) is 19.3 Å². The molecule has 0 aliphatic heterocycles. The zero-order valence-corrected chi connectivity index (χ0v) is 10.7. The van der Waals surface area contributed by atoms with E-state index >= 15 is 0 Å². The molecule has 2 aromatic rings. The zero-order chi connectivity index (χ0) is 13.7. The van der Waals surface area contributed by atoms with Crippen LogP contribution in [-0.4, -0.2) is 16.9 Å². The predicted molar refractivity (Wildman–Crippen MR) is 70.5 cm³/mol. The van der Waals surface area contributed by atoms with Gasteiger partial charge in [-0.3, -0.25) is 4.90 Å². The molecule has 0 amide bonds. The summed E-state index contributed by atoms with van der Waals surface area (Å²) < 4.78 is 12.8. The standard InChI is InChI=1S/C15H14FN3/c1-19(10-12-2-4-14(16)5-3-12)11-13-6-7-18-15(8-13)9-17/h2-8H,10-11H2,1H3. The van der Waals surface area contributed by atoms with E-state index in [0.29, 0.717) is 12.2 Å². The molecular formula is C15H14FN3. The third kappa shape index (κ3) is 3.87. The molecule has 0 saturated heterocycles. The normalized spacial score (nSPS) is 10.4. The highest BCUT2D eigenvalue weighted by Crippen LogP contribution is 2.09. The van der Waals surface area contributed by atoms with E-state index in [1.165, 1.54) is 12.1 Å². The lowest BCUT2D eigenvalue weighted by Gasteiger charge is -2.16. The summed E-state index contributed by atoms with van der Waals surface area (Å²) >= 11 is 0. The molecule has 96 valence electrons. The average Bonchev–Trinajstić information content (AvgIpc) is 2.41. The van der Waals surface area contributed by atoms with Gasteiger partial charge in [-0.15, -0.1) is 0 Å². The topological polar surface area (TPSA) is 39.9 Å². The quantitative estimate of drug-likeness (QED) is 0.843. The van der Waals surface area contributed by atoms with Gasteiger partial charge in [0.15, 0.2) is 0 Å². The molecule has 1 heterocycles. The van der Waals surface area contributed by atoms with Crippen molar-refractivity contribution in [3.63, 3.8) is 0 Å². The third-order valence-electron chi connectivity index (χ3n) is 2.76. The third-order valence-corrected chi connectivity index (χ3v) is 2.76. The minimum atomic E-state index is -0.223. The summed E-state index contributed by atoms with van der Waals surface area (Å²) in [7, 11) is 1.98. The van der Waals surface area contributed by atoms with Gasteiger partial charge in [-0.05, 0) is 42.4 Å². The molecule has 0 atom stereocenters. The Morgan fingerprint density at radius 2 is 1.84 bits per heavy atom. The minimum Gasteiger partial charge on any atom is -0.298 e. The van der Waals surface area contributed by atoms with E-state index in [2.05, 4.69) is 9.88 Å². The minimum absolute atomic E-state index is 0.223. The summed E-state index contributed by atoms with van der Waals surface area (Å²) in [6, 6.07) is 12.2. The van der Waals surface area contributed by atoms with E-state index < -0.39 is 0 Å². The Bertz CT molecular complexity index is 587. The van der Waals surface area contributed by atoms with Gasteiger partial charge in [0.2, 0.25) is 0 Å². The molecule has 0 aliphatic carbocycles. The summed E-state index contributed by atoms with van der Waals surface area (Å²) in [5.41, 5.74) is 2.52. The Labute approximate surface area is 111 Å². The van der Waals surface area contributed by atoms with Gasteiger partial charge in [0.1, 0.15) is 17.6 Å². The highest BCUT2D eigenvalue weighted by atomic mass is 19.1. The second-order valence-electron chi connectivity index (χ2n) is 4.46. The maximum Gasteiger partial charge on any atom is 0.140 e. The summed E-state index contributed by atoms with van der Waals surface area (Å²) in [6.07, 6.45) is 1.64. The maximum atomic E-state index is 12.8. The maximum absolute atomic E-state index is 12.8. The van der Waals surface area contributed by atoms with Gasteiger partial charge in [-0.25, -0.2) is 9.37 Å². The Hall–Kier alpha value is -2.25. The van der Waals surface area contributed by atoms with Crippen LogP contribution in [0, 0.1) is 17.1 Å². The van der Waals surface area contributed by atoms with Crippen LogP contribution in [0.2, 0.25) is 0 Å². The van der Waals surface area contributed by atoms with Gasteiger partial charge in [0.25, 0.3) is 0 Å². The average molecular weight is 255 g/mol. The number of hydrogen-bond acceptors (Lipinski definition) is 3. The summed E-state index contributed by atoms with van der Waals surface area (Å²) in [4.78, 5) is 6.04. The summed E-state index contributed by atoms with van der Waals surface area (Å²) in [6.45, 7) is 1.44. The molecule has 1 aromatic carbocycles. The van der Waals surface area contributed by atoms with E-state index in [1.807, 2.05) is 19.2 Å². The Morgan fingerprint density at radius 1 is 1.16 bits per heavy atom. The molecule has 0 aliphatic rings. The fourth-order valence-electron chi connectivity index (χ4n) is 1.90. The van der Waals surface area contributed by atoms with Crippen molar-refractivity contribution in [1.29, 1.82) is 5.26 Å². The molecule has 0 radical (unpaired) electrons. The molecule has 3 nitrogen and oxygen atoms in total. The van der Waals surface area contributed by atoms with Crippen LogP contribution in [0.25, 0.3) is 0 Å². The van der Waals surface area contributed by atoms with Crippen LogP contribution in [0.15, 0.2) is 42.6 Å². The fourth-order valence-corrected chi connectivity index (χ4v) is 1.90. The SMILES string of the molecule is CN(Cc1ccc(F)cc1)Cc1ccnc(C#N)c1. The molecule has 4 heteroatoms. The van der Waals surface area contributed by atoms with Crippen molar-refractivity contribution in [3.8, 4) is 6.07 Å². The van der Waals surface area contributed by atoms with Crippen LogP contribution in [0.5, 0.6) is 0 Å². The Kier molecular flexibility index (Phi) is 4.22. The van der Waals surface area contributed by atoms with Gasteiger partial charge >= 0.3 is 0 Å². The fraction of sp³-hybridized carbons (Fsp3) is 0.200. The van der Waals surface area contributed by atoms with Crippen molar-refractivity contribution in [3.05, 3.63) is 65.2 Å². The summed E-state index contributed by atoms with van der Waals surface area (Å²) in [5.74, 6) is -0.223. The molecule has 19 heavy (non-hydrogen) atoms. The smallest absolute Gasteiger partial charge is 0.140 e. The number of hydrogen-bond donors (Lipinski definition) is 0. The van der Waals surface area contributed by atoms with Crippen molar-refractivity contribution in [2.75, 3.05) is 7.05 Å². The van der Waals surface area contributed by atoms with E-state index in [4.69, 9.17) is 5.26 Å². The second-order valence-corrected chi connectivity index (χ2v) is 4.46. The number of aromatic nitrogens is 1. The van der Waals surface area contributed by atoms with E-state index in [-0.39, 0.29) is 5.82 Å². The molecular weight excluding hydrogens is 241 g/mol. The lowest BCUT2D eigenvalue weighted by molar-refractivity contribution is 0.319. The van der Waals surface area contributed by atoms with Crippen LogP contribution in [-0.2, 0) is 13.1 Å². The van der Waals surface area contributed by atoms with E-state index in [9.17, 15) is 4.39 Å². The number of benzene rings is 1. The summed E-state index contributed by atoms with van der Waals surface area (Å²) in [5, 5.41) is 8.80. The predicted octanol–water partition coefficient (Wildman–Crippen LogP) is 2.72. The number of nitriles is 1. The zero-order valence-electron chi connectivity index (χ0n) is 10.7. The molecule has 2 rings (SSSR count). The van der Waals surface area contributed by atoms with Crippen LogP contribution >= 0.6 is 0 Å². The highest BCUT2D eigenvalue weighted by molar-refractivity contribution is 5.25. The van der Waals surface area contributed by atoms with Crippen molar-refractivity contribution >= 4 is 0 Å². The van der Waals surface area contributed by atoms with E-state index in [1.54, 1.807) is 24.4 Å². The lowest BCUT2D eigenvalue weighted by Crippen LogP contribution is -2.17. The van der Waals surface area contributed by atoms with Gasteiger partial charge in [0.05, 0.1) is 0 Å². The lowest BCUT2D eigenvalue weighted by atomic mass is 10.2. The van der Waals surface area contributed by atoms with E-state index in [0.717, 1.165) is 17.7 Å². The number of halogens is 1. The number of rotatable bonds is 4. The number of nitrogens with zero attached hydrogens (tertiary/aromatic N) is 3. The highest BCUT2D eigenvalue weighted by Gasteiger charge is 2.03. The molecule has 0 N–H and O–H groups in total. The van der Waals surface area contributed by atoms with Crippen molar-refractivity contribution < 1.29 is 4.39 Å². The Morgan fingerprint density at radius 3 is 2.53 bits per heavy atom. The van der Waals surface area contributed by atoms with Crippen LogP contribution in [0.4, 0.5) is 4.39 Å². The van der Waals surface area contributed by atoms with Crippen LogP contribution in [0.1, 0.15) is 16.8 Å². The molecule has 0 saturated carbocycles. The van der Waals surface area contributed by atoms with Gasteiger partial charge < -0.3 is 0 Å². The van der Waals surface area contributed by atoms with Gasteiger partial charge in [-0.1, -0.05) is 12.1 Å². The van der Waals surface area contributed by atoms with Gasteiger partial charge in [-0.2, -0.15) is 5.26 Å². The Balaban J connectivity index is 1.99. The molecule has 0 bridgehead atoms. The first-order chi connectivity index (χ1) is 9.17. The molecule has 0 unspecified atom stereocenters. The van der Waals surface area contributed by atoms with Crippen LogP contribution in [0.3, 0.4) is 0 Å². The second kappa shape index (κ2) is 6.07.